The van der Waals surface area contributed by atoms with Crippen LogP contribution in [0.15, 0.2) is 24.3 Å². The van der Waals surface area contributed by atoms with Crippen LogP contribution in [0.25, 0.3) is 0 Å². The molecule has 0 aliphatic heterocycles. The van der Waals surface area contributed by atoms with Crippen molar-refractivity contribution in [2.75, 3.05) is 0 Å². The van der Waals surface area contributed by atoms with Gasteiger partial charge in [0.15, 0.2) is 0 Å². The van der Waals surface area contributed by atoms with Gasteiger partial charge in [0.1, 0.15) is 0 Å². The second-order valence-electron chi connectivity index (χ2n) is 6.44. The summed E-state index contributed by atoms with van der Waals surface area (Å²) in [5.74, 6) is 0. The minimum absolute atomic E-state index is 0.0267. The van der Waals surface area contributed by atoms with Crippen molar-refractivity contribution in [2.45, 2.75) is 63.3 Å². The van der Waals surface area contributed by atoms with E-state index in [0.29, 0.717) is 17.6 Å². The molecule has 2 saturated carbocycles. The Morgan fingerprint density at radius 1 is 1.14 bits per heavy atom. The summed E-state index contributed by atoms with van der Waals surface area (Å²) in [6.07, 6.45) is 5.28. The Morgan fingerprint density at radius 3 is 2.36 bits per heavy atom. The van der Waals surface area contributed by atoms with Crippen molar-refractivity contribution < 1.29 is 9.90 Å². The van der Waals surface area contributed by atoms with E-state index in [1.165, 1.54) is 0 Å². The number of halogens is 1. The fraction of sp³-hybridized carbons (Fsp3) is 0.588. The van der Waals surface area contributed by atoms with E-state index in [1.54, 1.807) is 0 Å². The van der Waals surface area contributed by atoms with Gasteiger partial charge >= 0.3 is 6.03 Å². The lowest BCUT2D eigenvalue weighted by molar-refractivity contribution is 0.114. The predicted octanol–water partition coefficient (Wildman–Crippen LogP) is 3.32. The highest BCUT2D eigenvalue weighted by Crippen LogP contribution is 2.29. The molecule has 1 aromatic rings. The summed E-state index contributed by atoms with van der Waals surface area (Å²) in [6.45, 7) is 0.628. The first-order chi connectivity index (χ1) is 10.6. The largest absolute Gasteiger partial charge is 0.393 e. The van der Waals surface area contributed by atoms with Gasteiger partial charge in [0, 0.05) is 23.7 Å². The van der Waals surface area contributed by atoms with Crippen molar-refractivity contribution in [3.8, 4) is 0 Å². The summed E-state index contributed by atoms with van der Waals surface area (Å²) in [6, 6.07) is 8.26. The predicted molar refractivity (Wildman–Crippen MR) is 86.8 cm³/mol. The molecule has 4 nitrogen and oxygen atoms in total. The van der Waals surface area contributed by atoms with Crippen LogP contribution >= 0.6 is 11.6 Å². The summed E-state index contributed by atoms with van der Waals surface area (Å²) in [5.41, 5.74) is 1.10. The standard InChI is InChI=1S/C17H23ClN2O2/c18-13-3-1-12(2-4-13)11-20(15-7-8-15)17(22)19-14-5-9-16(21)10-6-14/h1-4,14-16,21H,5-11H2,(H,19,22). The quantitative estimate of drug-likeness (QED) is 0.893. The van der Waals surface area contributed by atoms with E-state index < -0.39 is 0 Å². The van der Waals surface area contributed by atoms with Crippen molar-refractivity contribution in [3.05, 3.63) is 34.9 Å². The molecule has 0 radical (unpaired) electrons. The van der Waals surface area contributed by atoms with Gasteiger partial charge in [-0.25, -0.2) is 4.79 Å². The lowest BCUT2D eigenvalue weighted by atomic mass is 9.93. The summed E-state index contributed by atoms with van der Waals surface area (Å²) in [5, 5.41) is 13.4. The Bertz CT molecular complexity index is 508. The number of hydrogen-bond donors (Lipinski definition) is 2. The number of nitrogens with zero attached hydrogens (tertiary/aromatic N) is 1. The minimum atomic E-state index is -0.193. The van der Waals surface area contributed by atoms with Crippen molar-refractivity contribution in [1.82, 2.24) is 10.2 Å². The molecule has 2 fully saturated rings. The van der Waals surface area contributed by atoms with Crippen molar-refractivity contribution in [1.29, 1.82) is 0 Å². The van der Waals surface area contributed by atoms with Crippen LogP contribution in [0.1, 0.15) is 44.1 Å². The fourth-order valence-electron chi connectivity index (χ4n) is 3.02. The summed E-state index contributed by atoms with van der Waals surface area (Å²) in [7, 11) is 0. The van der Waals surface area contributed by atoms with E-state index in [4.69, 9.17) is 11.6 Å². The molecular weight excluding hydrogens is 300 g/mol. The first kappa shape index (κ1) is 15.6. The summed E-state index contributed by atoms with van der Waals surface area (Å²) >= 11 is 5.91. The molecule has 0 unspecified atom stereocenters. The van der Waals surface area contributed by atoms with Crippen molar-refractivity contribution in [2.24, 2.45) is 0 Å². The molecular formula is C17H23ClN2O2. The lowest BCUT2D eigenvalue weighted by Crippen LogP contribution is -2.47. The van der Waals surface area contributed by atoms with Crippen LogP contribution in [0.5, 0.6) is 0 Å². The van der Waals surface area contributed by atoms with Gasteiger partial charge in [-0.15, -0.1) is 0 Å². The number of aliphatic hydroxyl groups excluding tert-OH is 1. The van der Waals surface area contributed by atoms with Crippen molar-refractivity contribution >= 4 is 17.6 Å². The number of carbonyl (C=O) groups is 1. The third kappa shape index (κ3) is 4.14. The smallest absolute Gasteiger partial charge is 0.318 e. The number of aliphatic hydroxyl groups is 1. The Morgan fingerprint density at radius 2 is 1.77 bits per heavy atom. The van der Waals surface area contributed by atoms with Crippen LogP contribution in [0.4, 0.5) is 4.79 Å². The number of carbonyl (C=O) groups excluding carboxylic acids is 1. The number of urea groups is 1. The third-order valence-corrected chi connectivity index (χ3v) is 4.79. The second-order valence-corrected chi connectivity index (χ2v) is 6.88. The van der Waals surface area contributed by atoms with Gasteiger partial charge in [-0.2, -0.15) is 0 Å². The highest BCUT2D eigenvalue weighted by atomic mass is 35.5. The number of hydrogen-bond acceptors (Lipinski definition) is 2. The Hall–Kier alpha value is -1.26. The van der Waals surface area contributed by atoms with Gasteiger partial charge in [0.05, 0.1) is 6.10 Å². The molecule has 22 heavy (non-hydrogen) atoms. The topological polar surface area (TPSA) is 52.6 Å². The van der Waals surface area contributed by atoms with Gasteiger partial charge in [-0.3, -0.25) is 0 Å². The average molecular weight is 323 g/mol. The van der Waals surface area contributed by atoms with Crippen LogP contribution in [-0.4, -0.2) is 34.2 Å². The first-order valence-corrected chi connectivity index (χ1v) is 8.49. The maximum atomic E-state index is 12.6. The summed E-state index contributed by atoms with van der Waals surface area (Å²) in [4.78, 5) is 14.5. The maximum absolute atomic E-state index is 12.6. The van der Waals surface area contributed by atoms with Gasteiger partial charge < -0.3 is 15.3 Å². The second kappa shape index (κ2) is 6.88. The zero-order valence-electron chi connectivity index (χ0n) is 12.7. The van der Waals surface area contributed by atoms with Crippen LogP contribution in [0.3, 0.4) is 0 Å². The Kier molecular flexibility index (Phi) is 4.89. The lowest BCUT2D eigenvalue weighted by Gasteiger charge is -2.30. The Labute approximate surface area is 136 Å². The van der Waals surface area contributed by atoms with Crippen LogP contribution in [-0.2, 0) is 6.54 Å². The highest BCUT2D eigenvalue weighted by Gasteiger charge is 2.33. The van der Waals surface area contributed by atoms with Gasteiger partial charge in [0.25, 0.3) is 0 Å². The molecule has 0 spiro atoms. The van der Waals surface area contributed by atoms with E-state index in [-0.39, 0.29) is 18.2 Å². The molecule has 2 aliphatic carbocycles. The zero-order chi connectivity index (χ0) is 15.5. The molecule has 3 rings (SSSR count). The molecule has 2 amide bonds. The van der Waals surface area contributed by atoms with E-state index in [1.807, 2.05) is 29.2 Å². The van der Waals surface area contributed by atoms with Crippen LogP contribution in [0.2, 0.25) is 5.02 Å². The van der Waals surface area contributed by atoms with Crippen molar-refractivity contribution in [3.63, 3.8) is 0 Å². The van der Waals surface area contributed by atoms with Crippen LogP contribution in [0, 0.1) is 0 Å². The molecule has 1 aromatic carbocycles. The number of rotatable bonds is 4. The van der Waals surface area contributed by atoms with E-state index >= 15 is 0 Å². The summed E-state index contributed by atoms with van der Waals surface area (Å²) < 4.78 is 0. The van der Waals surface area contributed by atoms with E-state index in [9.17, 15) is 9.90 Å². The molecule has 2 N–H and O–H groups in total. The number of amides is 2. The maximum Gasteiger partial charge on any atom is 0.318 e. The highest BCUT2D eigenvalue weighted by molar-refractivity contribution is 6.30. The zero-order valence-corrected chi connectivity index (χ0v) is 13.4. The van der Waals surface area contributed by atoms with Gasteiger partial charge in [0.2, 0.25) is 0 Å². The molecule has 0 bridgehead atoms. The van der Waals surface area contributed by atoms with Crippen LogP contribution < -0.4 is 5.32 Å². The molecule has 0 saturated heterocycles. The number of benzene rings is 1. The molecule has 120 valence electrons. The molecule has 0 atom stereocenters. The Balaban J connectivity index is 1.58. The van der Waals surface area contributed by atoms with E-state index in [0.717, 1.165) is 44.1 Å². The number of nitrogens with one attached hydrogen (secondary N) is 1. The SMILES string of the molecule is O=C(NC1CCC(O)CC1)N(Cc1ccc(Cl)cc1)C1CC1. The molecule has 0 heterocycles. The minimum Gasteiger partial charge on any atom is -0.393 e. The van der Waals surface area contributed by atoms with Gasteiger partial charge in [-0.1, -0.05) is 23.7 Å². The first-order valence-electron chi connectivity index (χ1n) is 8.11. The van der Waals surface area contributed by atoms with E-state index in [2.05, 4.69) is 5.32 Å². The molecule has 0 aromatic heterocycles. The normalized spacial score (nSPS) is 24.8. The molecule has 2 aliphatic rings. The van der Waals surface area contributed by atoms with Gasteiger partial charge in [-0.05, 0) is 56.2 Å². The fourth-order valence-corrected chi connectivity index (χ4v) is 3.14. The third-order valence-electron chi connectivity index (χ3n) is 4.54. The molecule has 5 heteroatoms. The average Bonchev–Trinajstić information content (AvgIpc) is 3.33. The monoisotopic (exact) mass is 322 g/mol.